The van der Waals surface area contributed by atoms with E-state index in [0.29, 0.717) is 24.6 Å². The average Bonchev–Trinajstić information content (AvgIpc) is 3.36. The average molecular weight is 382 g/mol. The van der Waals surface area contributed by atoms with Gasteiger partial charge in [-0.25, -0.2) is 4.98 Å². The van der Waals surface area contributed by atoms with Crippen molar-refractivity contribution in [3.05, 3.63) is 47.0 Å². The number of fused-ring (bicyclic) bond motifs is 1. The Morgan fingerprint density at radius 2 is 2.00 bits per heavy atom. The number of carbonyl (C=O) groups excluding carboxylic acids is 2. The van der Waals surface area contributed by atoms with Crippen LogP contribution in [-0.2, 0) is 17.7 Å². The zero-order valence-electron chi connectivity index (χ0n) is 16.2. The highest BCUT2D eigenvalue weighted by molar-refractivity contribution is 6.05. The van der Waals surface area contributed by atoms with Crippen LogP contribution < -0.4 is 10.6 Å². The first-order valence-corrected chi connectivity index (χ1v) is 9.99. The summed E-state index contributed by atoms with van der Waals surface area (Å²) in [6.45, 7) is 3.94. The molecule has 7 nitrogen and oxygen atoms in total. The number of amides is 2. The number of hydrogen-bond donors (Lipinski definition) is 2. The molecular weight excluding hydrogens is 356 g/mol. The fourth-order valence-corrected chi connectivity index (χ4v) is 3.82. The topological polar surface area (TPSA) is 85.2 Å². The molecule has 28 heavy (non-hydrogen) atoms. The first-order chi connectivity index (χ1) is 13.6. The fourth-order valence-electron chi connectivity index (χ4n) is 3.82. The molecule has 1 fully saturated rings. The Morgan fingerprint density at radius 3 is 2.75 bits per heavy atom. The molecule has 7 heteroatoms. The van der Waals surface area contributed by atoms with Crippen molar-refractivity contribution in [2.75, 3.05) is 18.5 Å². The zero-order valence-corrected chi connectivity index (χ0v) is 16.2. The van der Waals surface area contributed by atoms with Gasteiger partial charge >= 0.3 is 0 Å². The highest BCUT2D eigenvalue weighted by atomic mass is 16.5. The Bertz CT molecular complexity index is 867. The highest BCUT2D eigenvalue weighted by Gasteiger charge is 2.28. The Labute approximate surface area is 164 Å². The highest BCUT2D eigenvalue weighted by Crippen LogP contribution is 2.22. The molecule has 0 radical (unpaired) electrons. The molecule has 4 rings (SSSR count). The number of hydrogen-bond acceptors (Lipinski definition) is 4. The van der Waals surface area contributed by atoms with Crippen molar-refractivity contribution in [3.63, 3.8) is 0 Å². The molecule has 1 atom stereocenters. The molecule has 2 N–H and O–H groups in total. The third-order valence-electron chi connectivity index (χ3n) is 5.36. The third kappa shape index (κ3) is 3.94. The number of rotatable bonds is 5. The molecule has 1 aromatic heterocycles. The summed E-state index contributed by atoms with van der Waals surface area (Å²) in [5.74, 6) is -0.192. The maximum Gasteiger partial charge on any atom is 0.287 e. The minimum atomic E-state index is -0.271. The number of nitrogens with one attached hydrogen (secondary N) is 2. The molecule has 2 aliphatic rings. The number of carbonyl (C=O) groups is 2. The van der Waals surface area contributed by atoms with Crippen LogP contribution >= 0.6 is 0 Å². The van der Waals surface area contributed by atoms with Crippen molar-refractivity contribution in [3.8, 4) is 0 Å². The molecule has 1 unspecified atom stereocenters. The first-order valence-electron chi connectivity index (χ1n) is 9.99. The molecule has 0 saturated carbocycles. The van der Waals surface area contributed by atoms with E-state index < -0.39 is 0 Å². The van der Waals surface area contributed by atoms with E-state index in [4.69, 9.17) is 4.74 Å². The predicted molar refractivity (Wildman–Crippen MR) is 106 cm³/mol. The number of ether oxygens (including phenoxy) is 1. The van der Waals surface area contributed by atoms with Gasteiger partial charge in [-0.3, -0.25) is 9.59 Å². The van der Waals surface area contributed by atoms with Crippen molar-refractivity contribution in [2.45, 2.75) is 51.7 Å². The van der Waals surface area contributed by atoms with E-state index in [2.05, 4.69) is 15.6 Å². The van der Waals surface area contributed by atoms with E-state index in [-0.39, 0.29) is 17.9 Å². The van der Waals surface area contributed by atoms with Gasteiger partial charge in [0, 0.05) is 25.4 Å². The summed E-state index contributed by atoms with van der Waals surface area (Å²) in [5.41, 5.74) is 3.04. The van der Waals surface area contributed by atoms with Gasteiger partial charge in [-0.1, -0.05) is 17.7 Å². The lowest BCUT2D eigenvalue weighted by molar-refractivity contribution is 0.0845. The molecule has 1 saturated heterocycles. The summed E-state index contributed by atoms with van der Waals surface area (Å²) in [7, 11) is 0. The minimum Gasteiger partial charge on any atom is -0.376 e. The predicted octanol–water partition coefficient (Wildman–Crippen LogP) is 2.69. The molecule has 0 spiro atoms. The van der Waals surface area contributed by atoms with Gasteiger partial charge in [-0.15, -0.1) is 0 Å². The van der Waals surface area contributed by atoms with E-state index in [9.17, 15) is 9.59 Å². The Morgan fingerprint density at radius 1 is 1.18 bits per heavy atom. The molecular formula is C21H26N4O3. The maximum atomic E-state index is 12.8. The molecule has 2 amide bonds. The van der Waals surface area contributed by atoms with Gasteiger partial charge in [0.15, 0.2) is 11.5 Å². The molecule has 1 aromatic carbocycles. The van der Waals surface area contributed by atoms with Crippen LogP contribution in [0.2, 0.25) is 0 Å². The Hall–Kier alpha value is -2.67. The largest absolute Gasteiger partial charge is 0.376 e. The van der Waals surface area contributed by atoms with Gasteiger partial charge in [0.05, 0.1) is 11.8 Å². The third-order valence-corrected chi connectivity index (χ3v) is 5.36. The molecule has 3 heterocycles. The lowest BCUT2D eigenvalue weighted by Gasteiger charge is -2.17. The number of anilines is 1. The van der Waals surface area contributed by atoms with Crippen LogP contribution in [0, 0.1) is 6.92 Å². The summed E-state index contributed by atoms with van der Waals surface area (Å²) < 4.78 is 7.47. The monoisotopic (exact) mass is 382 g/mol. The molecule has 0 aliphatic carbocycles. The normalized spacial score (nSPS) is 18.5. The van der Waals surface area contributed by atoms with Crippen LogP contribution in [-0.4, -0.2) is 40.6 Å². The van der Waals surface area contributed by atoms with E-state index in [1.54, 1.807) is 0 Å². The quantitative estimate of drug-likeness (QED) is 0.833. The maximum absolute atomic E-state index is 12.8. The van der Waals surface area contributed by atoms with Crippen molar-refractivity contribution >= 4 is 17.5 Å². The number of benzene rings is 1. The second-order valence-corrected chi connectivity index (χ2v) is 7.50. The summed E-state index contributed by atoms with van der Waals surface area (Å²) in [4.78, 5) is 30.0. The van der Waals surface area contributed by atoms with Gasteiger partial charge in [0.1, 0.15) is 0 Å². The number of nitrogens with zero attached hydrogens (tertiary/aromatic N) is 2. The van der Waals surface area contributed by atoms with Gasteiger partial charge in [0.25, 0.3) is 11.8 Å². The SMILES string of the molecule is Cc1ccc(NC(=O)c2nc(C(=O)NCC3CCCO3)n3c2CCCC3)cc1. The number of aromatic nitrogens is 2. The van der Waals surface area contributed by atoms with Gasteiger partial charge in [0.2, 0.25) is 0 Å². The van der Waals surface area contributed by atoms with Crippen LogP contribution in [0.4, 0.5) is 5.69 Å². The molecule has 0 bridgehead atoms. The number of imidazole rings is 1. The van der Waals surface area contributed by atoms with Gasteiger partial charge in [-0.05, 0) is 51.2 Å². The zero-order chi connectivity index (χ0) is 19.5. The lowest BCUT2D eigenvalue weighted by atomic mass is 10.1. The molecule has 148 valence electrons. The number of aryl methyl sites for hydroxylation is 1. The standard InChI is InChI=1S/C21H26N4O3/c1-14-7-9-15(10-8-14)23-20(26)18-17-6-2-3-11-25(17)19(24-18)21(27)22-13-16-5-4-12-28-16/h7-10,16H,2-6,11-13H2,1H3,(H,22,27)(H,23,26). The van der Waals surface area contributed by atoms with Gasteiger partial charge in [-0.2, -0.15) is 0 Å². The minimum absolute atomic E-state index is 0.0732. The fraction of sp³-hybridized carbons (Fsp3) is 0.476. The summed E-state index contributed by atoms with van der Waals surface area (Å²) in [5, 5.41) is 5.82. The summed E-state index contributed by atoms with van der Waals surface area (Å²) in [6.07, 6.45) is 4.79. The molecule has 2 aliphatic heterocycles. The van der Waals surface area contributed by atoms with Crippen LogP contribution in [0.25, 0.3) is 0 Å². The molecule has 2 aromatic rings. The van der Waals surface area contributed by atoms with E-state index >= 15 is 0 Å². The lowest BCUT2D eigenvalue weighted by Crippen LogP contribution is -2.34. The second-order valence-electron chi connectivity index (χ2n) is 7.50. The van der Waals surface area contributed by atoms with Crippen LogP contribution in [0.15, 0.2) is 24.3 Å². The van der Waals surface area contributed by atoms with E-state index in [1.807, 2.05) is 35.8 Å². The van der Waals surface area contributed by atoms with Crippen LogP contribution in [0.5, 0.6) is 0 Å². The smallest absolute Gasteiger partial charge is 0.287 e. The van der Waals surface area contributed by atoms with Crippen molar-refractivity contribution in [1.82, 2.24) is 14.9 Å². The van der Waals surface area contributed by atoms with Gasteiger partial charge < -0.3 is 19.9 Å². The van der Waals surface area contributed by atoms with Crippen molar-refractivity contribution < 1.29 is 14.3 Å². The summed E-state index contributed by atoms with van der Waals surface area (Å²) in [6, 6.07) is 7.63. The van der Waals surface area contributed by atoms with Crippen LogP contribution in [0.1, 0.15) is 58.0 Å². The Kier molecular flexibility index (Phi) is 5.43. The first kappa shape index (κ1) is 18.7. The van der Waals surface area contributed by atoms with E-state index in [0.717, 1.165) is 55.7 Å². The Balaban J connectivity index is 1.53. The second kappa shape index (κ2) is 8.14. The summed E-state index contributed by atoms with van der Waals surface area (Å²) >= 11 is 0. The van der Waals surface area contributed by atoms with Crippen molar-refractivity contribution in [1.29, 1.82) is 0 Å². The van der Waals surface area contributed by atoms with Crippen molar-refractivity contribution in [2.24, 2.45) is 0 Å². The van der Waals surface area contributed by atoms with E-state index in [1.165, 1.54) is 0 Å². The van der Waals surface area contributed by atoms with Crippen LogP contribution in [0.3, 0.4) is 0 Å².